The number of urea groups is 1. The summed E-state index contributed by atoms with van der Waals surface area (Å²) in [5.41, 5.74) is 0.153. The van der Waals surface area contributed by atoms with Gasteiger partial charge in [0.25, 0.3) is 0 Å². The van der Waals surface area contributed by atoms with Gasteiger partial charge >= 0.3 is 17.7 Å². The fraction of sp³-hybridized carbons (Fsp3) is 0.412. The zero-order valence-corrected chi connectivity index (χ0v) is 15.2. The lowest BCUT2D eigenvalue weighted by Crippen LogP contribution is -2.46. The van der Waals surface area contributed by atoms with E-state index in [1.54, 1.807) is 6.92 Å². The lowest BCUT2D eigenvalue weighted by Gasteiger charge is -2.29. The van der Waals surface area contributed by atoms with Crippen LogP contribution in [-0.2, 0) is 9.53 Å². The minimum absolute atomic E-state index is 0.126. The second kappa shape index (κ2) is 8.39. The monoisotopic (exact) mass is 379 g/mol. The number of esters is 1. The van der Waals surface area contributed by atoms with Crippen molar-refractivity contribution in [2.24, 2.45) is 0 Å². The number of rotatable bonds is 7. The molecule has 27 heavy (non-hydrogen) atoms. The first-order valence-electron chi connectivity index (χ1n) is 8.36. The summed E-state index contributed by atoms with van der Waals surface area (Å²) in [6, 6.07) is 0.886. The highest BCUT2D eigenvalue weighted by atomic mass is 16.6. The number of carbonyl (C=O) groups excluding carboxylic acids is 2. The first-order chi connectivity index (χ1) is 12.8. The van der Waals surface area contributed by atoms with Crippen molar-refractivity contribution in [3.8, 4) is 11.5 Å². The van der Waals surface area contributed by atoms with Crippen LogP contribution in [0.25, 0.3) is 0 Å². The van der Waals surface area contributed by atoms with Gasteiger partial charge in [-0.15, -0.1) is 0 Å². The molecule has 10 heteroatoms. The molecule has 10 nitrogen and oxygen atoms in total. The molecule has 1 atom stereocenters. The molecule has 1 heterocycles. The number of amides is 2. The fourth-order valence-electron chi connectivity index (χ4n) is 2.84. The number of nitro groups is 1. The molecular weight excluding hydrogens is 358 g/mol. The molecule has 0 fully saturated rings. The number of phenolic OH excluding ortho intramolecular Hbond substituents is 1. The van der Waals surface area contributed by atoms with E-state index in [0.717, 1.165) is 6.07 Å². The largest absolute Gasteiger partial charge is 0.500 e. The molecule has 0 radical (unpaired) electrons. The normalized spacial score (nSPS) is 16.4. The summed E-state index contributed by atoms with van der Waals surface area (Å²) in [5, 5.41) is 26.4. The fourth-order valence-corrected chi connectivity index (χ4v) is 2.84. The Bertz CT molecular complexity index is 804. The molecule has 1 aromatic rings. The van der Waals surface area contributed by atoms with E-state index in [4.69, 9.17) is 9.47 Å². The van der Waals surface area contributed by atoms with Gasteiger partial charge in [0.2, 0.25) is 5.75 Å². The number of ether oxygens (including phenoxy) is 2. The van der Waals surface area contributed by atoms with Crippen LogP contribution in [-0.4, -0.2) is 35.7 Å². The van der Waals surface area contributed by atoms with Crippen LogP contribution >= 0.6 is 0 Å². The van der Waals surface area contributed by atoms with Gasteiger partial charge in [-0.2, -0.15) is 0 Å². The first-order valence-corrected chi connectivity index (χ1v) is 8.36. The zero-order valence-electron chi connectivity index (χ0n) is 15.2. The number of aromatic hydroxyl groups is 1. The van der Waals surface area contributed by atoms with Gasteiger partial charge in [-0.1, -0.05) is 13.3 Å². The van der Waals surface area contributed by atoms with Crippen LogP contribution < -0.4 is 15.4 Å². The third-order valence-corrected chi connectivity index (χ3v) is 3.98. The standard InChI is InChI=1S/C17H21N3O7/c1-4-6-10-13(16(22)27-5-2)14(19-17(23)18-10)9-7-11(20(24)25)15(21)12(8-9)26-3/h7-8,14,21H,4-6H2,1-3H3,(H2,18,19,23). The number of benzene rings is 1. The lowest BCUT2D eigenvalue weighted by molar-refractivity contribution is -0.386. The number of phenols is 1. The van der Waals surface area contributed by atoms with Crippen molar-refractivity contribution in [2.45, 2.75) is 32.7 Å². The summed E-state index contributed by atoms with van der Waals surface area (Å²) in [4.78, 5) is 35.1. The van der Waals surface area contributed by atoms with Crippen molar-refractivity contribution in [3.63, 3.8) is 0 Å². The summed E-state index contributed by atoms with van der Waals surface area (Å²) in [5.74, 6) is -1.43. The van der Waals surface area contributed by atoms with Crippen molar-refractivity contribution in [1.82, 2.24) is 10.6 Å². The number of nitrogens with zero attached hydrogens (tertiary/aromatic N) is 1. The molecule has 2 amide bonds. The smallest absolute Gasteiger partial charge is 0.338 e. The molecule has 1 unspecified atom stereocenters. The molecule has 1 aliphatic heterocycles. The first kappa shape index (κ1) is 20.0. The Labute approximate surface area is 155 Å². The summed E-state index contributed by atoms with van der Waals surface area (Å²) in [6.07, 6.45) is 1.07. The van der Waals surface area contributed by atoms with Crippen LogP contribution in [0.15, 0.2) is 23.4 Å². The molecule has 146 valence electrons. The number of hydrogen-bond donors (Lipinski definition) is 3. The Kier molecular flexibility index (Phi) is 6.22. The van der Waals surface area contributed by atoms with Crippen LogP contribution in [0, 0.1) is 10.1 Å². The van der Waals surface area contributed by atoms with Gasteiger partial charge in [0.15, 0.2) is 5.75 Å². The molecule has 1 aromatic carbocycles. The maximum atomic E-state index is 12.5. The Hall–Kier alpha value is -3.30. The highest BCUT2D eigenvalue weighted by Gasteiger charge is 2.35. The van der Waals surface area contributed by atoms with E-state index in [1.807, 2.05) is 6.92 Å². The van der Waals surface area contributed by atoms with Crippen molar-refractivity contribution in [3.05, 3.63) is 39.1 Å². The number of nitrogens with one attached hydrogen (secondary N) is 2. The van der Waals surface area contributed by atoms with Crippen molar-refractivity contribution in [2.75, 3.05) is 13.7 Å². The molecule has 0 saturated heterocycles. The van der Waals surface area contributed by atoms with Gasteiger partial charge in [0, 0.05) is 11.8 Å². The molecule has 0 saturated carbocycles. The Morgan fingerprint density at radius 3 is 2.63 bits per heavy atom. The molecule has 0 aromatic heterocycles. The van der Waals surface area contributed by atoms with Crippen LogP contribution in [0.1, 0.15) is 38.3 Å². The van der Waals surface area contributed by atoms with Crippen molar-refractivity contribution in [1.29, 1.82) is 0 Å². The molecule has 0 spiro atoms. The van der Waals surface area contributed by atoms with E-state index in [2.05, 4.69) is 10.6 Å². The van der Waals surface area contributed by atoms with Gasteiger partial charge in [0.1, 0.15) is 0 Å². The maximum Gasteiger partial charge on any atom is 0.338 e. The summed E-state index contributed by atoms with van der Waals surface area (Å²) >= 11 is 0. The Balaban J connectivity index is 2.67. The molecule has 2 rings (SSSR count). The quantitative estimate of drug-likeness (QED) is 0.375. The number of allylic oxidation sites excluding steroid dienone is 1. The van der Waals surface area contributed by atoms with Crippen molar-refractivity contribution >= 4 is 17.7 Å². The topological polar surface area (TPSA) is 140 Å². The number of carbonyl (C=O) groups is 2. The van der Waals surface area contributed by atoms with Crippen LogP contribution in [0.2, 0.25) is 0 Å². The van der Waals surface area contributed by atoms with E-state index in [-0.39, 0.29) is 23.5 Å². The molecular formula is C17H21N3O7. The van der Waals surface area contributed by atoms with Gasteiger partial charge in [-0.25, -0.2) is 9.59 Å². The highest BCUT2D eigenvalue weighted by molar-refractivity contribution is 5.95. The van der Waals surface area contributed by atoms with Gasteiger partial charge < -0.3 is 25.2 Å². The third kappa shape index (κ3) is 4.10. The van der Waals surface area contributed by atoms with Crippen LogP contribution in [0.4, 0.5) is 10.5 Å². The van der Waals surface area contributed by atoms with Crippen LogP contribution in [0.3, 0.4) is 0 Å². The van der Waals surface area contributed by atoms with E-state index < -0.39 is 34.4 Å². The molecule has 1 aliphatic rings. The second-order valence-corrected chi connectivity index (χ2v) is 5.74. The third-order valence-electron chi connectivity index (χ3n) is 3.98. The predicted molar refractivity (Wildman–Crippen MR) is 94.3 cm³/mol. The van der Waals surface area contributed by atoms with E-state index in [9.17, 15) is 24.8 Å². The molecule has 3 N–H and O–H groups in total. The summed E-state index contributed by atoms with van der Waals surface area (Å²) in [6.45, 7) is 3.66. The molecule has 0 aliphatic carbocycles. The zero-order chi connectivity index (χ0) is 20.1. The predicted octanol–water partition coefficient (Wildman–Crippen LogP) is 2.28. The second-order valence-electron chi connectivity index (χ2n) is 5.74. The van der Waals surface area contributed by atoms with E-state index >= 15 is 0 Å². The van der Waals surface area contributed by atoms with E-state index in [1.165, 1.54) is 13.2 Å². The average Bonchev–Trinajstić information content (AvgIpc) is 2.61. The number of nitro benzene ring substituents is 1. The highest BCUT2D eigenvalue weighted by Crippen LogP contribution is 2.40. The van der Waals surface area contributed by atoms with Gasteiger partial charge in [-0.3, -0.25) is 10.1 Å². The van der Waals surface area contributed by atoms with E-state index in [0.29, 0.717) is 18.5 Å². The average molecular weight is 379 g/mol. The minimum Gasteiger partial charge on any atom is -0.500 e. The van der Waals surface area contributed by atoms with Crippen molar-refractivity contribution < 1.29 is 29.1 Å². The SMILES string of the molecule is CCCC1=C(C(=O)OCC)C(c2cc(OC)c(O)c([N+](=O)[O-])c2)NC(=O)N1. The van der Waals surface area contributed by atoms with Crippen LogP contribution in [0.5, 0.6) is 11.5 Å². The lowest BCUT2D eigenvalue weighted by atomic mass is 9.93. The Morgan fingerprint density at radius 1 is 1.37 bits per heavy atom. The Morgan fingerprint density at radius 2 is 2.07 bits per heavy atom. The maximum absolute atomic E-state index is 12.5. The van der Waals surface area contributed by atoms with Gasteiger partial charge in [-0.05, 0) is 25.0 Å². The summed E-state index contributed by atoms with van der Waals surface area (Å²) in [7, 11) is 1.24. The van der Waals surface area contributed by atoms with Gasteiger partial charge in [0.05, 0.1) is 30.3 Å². The minimum atomic E-state index is -0.993. The number of hydrogen-bond acceptors (Lipinski definition) is 7. The number of methoxy groups -OCH3 is 1. The molecule has 0 bridgehead atoms. The summed E-state index contributed by atoms with van der Waals surface area (Å²) < 4.78 is 10.1.